The molecule has 0 spiro atoms. The molecule has 1 unspecified atom stereocenters. The van der Waals surface area contributed by atoms with E-state index in [1.165, 1.54) is 18.2 Å². The normalized spacial score (nSPS) is 19.5. The Hall–Kier alpha value is -1.66. The maximum absolute atomic E-state index is 13.1. The summed E-state index contributed by atoms with van der Waals surface area (Å²) >= 11 is 0. The largest absolute Gasteiger partial charge is 0.397 e. The molecule has 1 heterocycles. The minimum absolute atomic E-state index is 0.165. The van der Waals surface area contributed by atoms with E-state index in [0.29, 0.717) is 24.0 Å². The average molecular weight is 280 g/mol. The van der Waals surface area contributed by atoms with Gasteiger partial charge in [-0.25, -0.2) is 4.39 Å². The van der Waals surface area contributed by atoms with Crippen LogP contribution in [0, 0.1) is 5.82 Å². The van der Waals surface area contributed by atoms with Gasteiger partial charge in [-0.05, 0) is 38.7 Å². The van der Waals surface area contributed by atoms with Crippen LogP contribution in [0.3, 0.4) is 0 Å². The van der Waals surface area contributed by atoms with Crippen LogP contribution in [0.15, 0.2) is 18.2 Å². The zero-order valence-electron chi connectivity index (χ0n) is 11.9. The summed E-state index contributed by atoms with van der Waals surface area (Å²) in [6, 6.07) is 4.44. The van der Waals surface area contributed by atoms with Crippen molar-refractivity contribution in [3.8, 4) is 0 Å². The number of likely N-dealkylation sites (N-methyl/N-ethyl adjacent to an activating group) is 1. The Morgan fingerprint density at radius 3 is 2.95 bits per heavy atom. The van der Waals surface area contributed by atoms with Crippen molar-refractivity contribution in [2.75, 3.05) is 44.8 Å². The summed E-state index contributed by atoms with van der Waals surface area (Å²) in [6.07, 6.45) is 1.06. The van der Waals surface area contributed by atoms with Crippen LogP contribution in [0.25, 0.3) is 0 Å². The lowest BCUT2D eigenvalue weighted by Gasteiger charge is -2.20. The van der Waals surface area contributed by atoms with Gasteiger partial charge in [-0.15, -0.1) is 0 Å². The molecule has 110 valence electrons. The lowest BCUT2D eigenvalue weighted by Crippen LogP contribution is -2.35. The van der Waals surface area contributed by atoms with Gasteiger partial charge in [0.25, 0.3) is 0 Å². The summed E-state index contributed by atoms with van der Waals surface area (Å²) in [6.45, 7) is 2.08. The van der Waals surface area contributed by atoms with Gasteiger partial charge in [-0.1, -0.05) is 0 Å². The van der Waals surface area contributed by atoms with Crippen molar-refractivity contribution in [3.05, 3.63) is 24.0 Å². The second-order valence-electron chi connectivity index (χ2n) is 5.42. The molecular formula is C14H21FN4O. The van der Waals surface area contributed by atoms with Crippen LogP contribution in [0.4, 0.5) is 15.8 Å². The minimum Gasteiger partial charge on any atom is -0.397 e. The van der Waals surface area contributed by atoms with E-state index in [2.05, 4.69) is 15.1 Å². The van der Waals surface area contributed by atoms with Crippen LogP contribution in [0.5, 0.6) is 0 Å². The highest BCUT2D eigenvalue weighted by Gasteiger charge is 2.25. The number of anilines is 2. The van der Waals surface area contributed by atoms with Crippen molar-refractivity contribution in [1.29, 1.82) is 0 Å². The van der Waals surface area contributed by atoms with Crippen LogP contribution in [-0.2, 0) is 4.79 Å². The molecule has 20 heavy (non-hydrogen) atoms. The summed E-state index contributed by atoms with van der Waals surface area (Å²) < 4.78 is 13.1. The van der Waals surface area contributed by atoms with Gasteiger partial charge in [-0.3, -0.25) is 9.69 Å². The third kappa shape index (κ3) is 3.68. The summed E-state index contributed by atoms with van der Waals surface area (Å²) in [4.78, 5) is 16.2. The molecule has 0 aromatic heterocycles. The number of hydrogen-bond donors (Lipinski definition) is 2. The fourth-order valence-electron chi connectivity index (χ4n) is 2.41. The maximum atomic E-state index is 13.1. The Labute approximate surface area is 118 Å². The third-order valence-corrected chi connectivity index (χ3v) is 3.63. The summed E-state index contributed by atoms with van der Waals surface area (Å²) in [5.41, 5.74) is 6.41. The Morgan fingerprint density at radius 2 is 2.30 bits per heavy atom. The van der Waals surface area contributed by atoms with Gasteiger partial charge in [0.15, 0.2) is 0 Å². The predicted molar refractivity (Wildman–Crippen MR) is 78.0 cm³/mol. The molecule has 3 N–H and O–H groups in total. The number of likely N-dealkylation sites (tertiary alicyclic amines) is 1. The van der Waals surface area contributed by atoms with Gasteiger partial charge in [0.2, 0.25) is 5.91 Å². The van der Waals surface area contributed by atoms with Gasteiger partial charge in [0.05, 0.1) is 17.9 Å². The molecule has 1 saturated heterocycles. The van der Waals surface area contributed by atoms with E-state index in [1.807, 2.05) is 14.1 Å². The number of halogens is 1. The molecule has 1 aliphatic rings. The quantitative estimate of drug-likeness (QED) is 0.807. The van der Waals surface area contributed by atoms with E-state index in [-0.39, 0.29) is 5.91 Å². The van der Waals surface area contributed by atoms with Gasteiger partial charge in [-0.2, -0.15) is 0 Å². The molecule has 1 aromatic carbocycles. The van der Waals surface area contributed by atoms with Crippen LogP contribution in [0.2, 0.25) is 0 Å². The van der Waals surface area contributed by atoms with Crippen LogP contribution >= 0.6 is 0 Å². The monoisotopic (exact) mass is 280 g/mol. The minimum atomic E-state index is -0.414. The SMILES string of the molecule is CN(C)C1CCN(CC(=O)Nc2cc(F)ccc2N)C1. The van der Waals surface area contributed by atoms with Crippen LogP contribution in [0.1, 0.15) is 6.42 Å². The first-order valence-electron chi connectivity index (χ1n) is 6.69. The number of nitrogens with two attached hydrogens (primary N) is 1. The van der Waals surface area contributed by atoms with Crippen molar-refractivity contribution < 1.29 is 9.18 Å². The second-order valence-corrected chi connectivity index (χ2v) is 5.42. The molecule has 0 radical (unpaired) electrons. The standard InChI is InChI=1S/C14H21FN4O/c1-18(2)11-5-6-19(8-11)9-14(20)17-13-7-10(15)3-4-12(13)16/h3-4,7,11H,5-6,8-9,16H2,1-2H3,(H,17,20). The Morgan fingerprint density at radius 1 is 1.55 bits per heavy atom. The Bertz CT molecular complexity index is 492. The van der Waals surface area contributed by atoms with Gasteiger partial charge >= 0.3 is 0 Å². The summed E-state index contributed by atoms with van der Waals surface area (Å²) in [5, 5.41) is 2.66. The summed E-state index contributed by atoms with van der Waals surface area (Å²) in [7, 11) is 4.09. The number of carbonyl (C=O) groups excluding carboxylic acids is 1. The highest BCUT2D eigenvalue weighted by Crippen LogP contribution is 2.19. The van der Waals surface area contributed by atoms with Crippen molar-refractivity contribution >= 4 is 17.3 Å². The number of benzene rings is 1. The first-order chi connectivity index (χ1) is 9.45. The molecule has 1 aliphatic heterocycles. The van der Waals surface area contributed by atoms with Crippen molar-refractivity contribution in [2.24, 2.45) is 0 Å². The number of nitrogens with one attached hydrogen (secondary N) is 1. The maximum Gasteiger partial charge on any atom is 0.238 e. The molecule has 0 saturated carbocycles. The van der Waals surface area contributed by atoms with E-state index in [1.54, 1.807) is 0 Å². The molecule has 1 aromatic rings. The smallest absolute Gasteiger partial charge is 0.238 e. The number of nitrogens with zero attached hydrogens (tertiary/aromatic N) is 2. The number of nitrogen functional groups attached to an aromatic ring is 1. The Balaban J connectivity index is 1.88. The van der Waals surface area contributed by atoms with Gasteiger partial charge in [0.1, 0.15) is 5.82 Å². The predicted octanol–water partition coefficient (Wildman–Crippen LogP) is 0.982. The van der Waals surface area contributed by atoms with Gasteiger partial charge < -0.3 is 16.0 Å². The number of amides is 1. The molecule has 2 rings (SSSR count). The zero-order chi connectivity index (χ0) is 14.7. The van der Waals surface area contributed by atoms with E-state index < -0.39 is 5.82 Å². The molecule has 1 amide bonds. The summed E-state index contributed by atoms with van der Waals surface area (Å²) in [5.74, 6) is -0.579. The molecule has 5 nitrogen and oxygen atoms in total. The molecular weight excluding hydrogens is 259 g/mol. The van der Waals surface area contributed by atoms with Gasteiger partial charge in [0, 0.05) is 19.1 Å². The second kappa shape index (κ2) is 6.19. The first kappa shape index (κ1) is 14.7. The van der Waals surface area contributed by atoms with Crippen molar-refractivity contribution in [1.82, 2.24) is 9.80 Å². The third-order valence-electron chi connectivity index (χ3n) is 3.63. The number of hydrogen-bond acceptors (Lipinski definition) is 4. The van der Waals surface area contributed by atoms with E-state index in [4.69, 9.17) is 5.73 Å². The fraction of sp³-hybridized carbons (Fsp3) is 0.500. The number of carbonyl (C=O) groups is 1. The Kier molecular flexibility index (Phi) is 4.57. The number of rotatable bonds is 4. The lowest BCUT2D eigenvalue weighted by molar-refractivity contribution is -0.117. The fourth-order valence-corrected chi connectivity index (χ4v) is 2.41. The first-order valence-corrected chi connectivity index (χ1v) is 6.69. The molecule has 1 fully saturated rings. The van der Waals surface area contributed by atoms with Crippen LogP contribution in [-0.4, -0.2) is 55.5 Å². The molecule has 6 heteroatoms. The zero-order valence-corrected chi connectivity index (χ0v) is 11.9. The molecule has 1 atom stereocenters. The molecule has 0 bridgehead atoms. The topological polar surface area (TPSA) is 61.6 Å². The highest BCUT2D eigenvalue weighted by molar-refractivity contribution is 5.95. The van der Waals surface area contributed by atoms with E-state index in [0.717, 1.165) is 19.5 Å². The van der Waals surface area contributed by atoms with E-state index >= 15 is 0 Å². The molecule has 0 aliphatic carbocycles. The highest BCUT2D eigenvalue weighted by atomic mass is 19.1. The lowest BCUT2D eigenvalue weighted by atomic mass is 10.2. The average Bonchev–Trinajstić information content (AvgIpc) is 2.82. The van der Waals surface area contributed by atoms with E-state index in [9.17, 15) is 9.18 Å². The van der Waals surface area contributed by atoms with Crippen molar-refractivity contribution in [2.45, 2.75) is 12.5 Å². The van der Waals surface area contributed by atoms with Crippen LogP contribution < -0.4 is 11.1 Å². The van der Waals surface area contributed by atoms with Crippen molar-refractivity contribution in [3.63, 3.8) is 0 Å².